The first-order chi connectivity index (χ1) is 6.70. The molecule has 2 N–H and O–H groups in total. The van der Waals surface area contributed by atoms with Crippen molar-refractivity contribution in [3.8, 4) is 11.3 Å². The second-order valence-electron chi connectivity index (χ2n) is 2.92. The Bertz CT molecular complexity index is 515. The van der Waals surface area contributed by atoms with Crippen molar-refractivity contribution in [3.63, 3.8) is 0 Å². The third kappa shape index (κ3) is 1.33. The van der Waals surface area contributed by atoms with Crippen LogP contribution in [0.15, 0.2) is 23.1 Å². The second kappa shape index (κ2) is 3.31. The van der Waals surface area contributed by atoms with Crippen LogP contribution in [0.5, 0.6) is 0 Å². The summed E-state index contributed by atoms with van der Waals surface area (Å²) < 4.78 is 0. The fourth-order valence-electron chi connectivity index (χ4n) is 1.20. The zero-order valence-electron chi connectivity index (χ0n) is 7.47. The molecule has 0 amide bonds. The van der Waals surface area contributed by atoms with Gasteiger partial charge in [-0.15, -0.1) is 0 Å². The molecule has 2 rings (SSSR count). The summed E-state index contributed by atoms with van der Waals surface area (Å²) in [6, 6.07) is 3.41. The third-order valence-electron chi connectivity index (χ3n) is 1.95. The Hall–Kier alpha value is -1.55. The molecule has 0 unspecified atom stereocenters. The third-order valence-corrected chi connectivity index (χ3v) is 2.41. The lowest BCUT2D eigenvalue weighted by molar-refractivity contribution is 1.05. The molecule has 72 valence electrons. The predicted molar refractivity (Wildman–Crippen MR) is 54.4 cm³/mol. The zero-order valence-corrected chi connectivity index (χ0v) is 8.22. The highest BCUT2D eigenvalue weighted by molar-refractivity contribution is 6.33. The summed E-state index contributed by atoms with van der Waals surface area (Å²) in [5.41, 5.74) is 1.53. The number of aromatic nitrogens is 3. The zero-order chi connectivity index (χ0) is 10.1. The first-order valence-corrected chi connectivity index (χ1v) is 4.46. The van der Waals surface area contributed by atoms with E-state index in [1.165, 1.54) is 0 Å². The lowest BCUT2D eigenvalue weighted by Crippen LogP contribution is -2.07. The number of nitrogens with zero attached hydrogens (tertiary/aromatic N) is 1. The highest BCUT2D eigenvalue weighted by atomic mass is 35.5. The normalized spacial score (nSPS) is 10.4. The SMILES string of the molecule is Cc1[nH]nc(-c2ccc[nH]c2=O)c1Cl. The fourth-order valence-corrected chi connectivity index (χ4v) is 1.39. The van der Waals surface area contributed by atoms with Crippen LogP contribution >= 0.6 is 11.6 Å². The van der Waals surface area contributed by atoms with Crippen LogP contribution in [0, 0.1) is 6.92 Å². The number of halogens is 1. The molecule has 2 aromatic rings. The quantitative estimate of drug-likeness (QED) is 0.752. The number of nitrogens with one attached hydrogen (secondary N) is 2. The number of aryl methyl sites for hydroxylation is 1. The average Bonchev–Trinajstić information content (AvgIpc) is 2.49. The Balaban J connectivity index is 2.67. The van der Waals surface area contributed by atoms with E-state index in [2.05, 4.69) is 15.2 Å². The summed E-state index contributed by atoms with van der Waals surface area (Å²) in [5, 5.41) is 7.19. The van der Waals surface area contributed by atoms with E-state index in [-0.39, 0.29) is 5.56 Å². The van der Waals surface area contributed by atoms with Crippen LogP contribution < -0.4 is 5.56 Å². The minimum atomic E-state index is -0.194. The molecule has 0 aliphatic heterocycles. The van der Waals surface area contributed by atoms with E-state index in [9.17, 15) is 4.79 Å². The van der Waals surface area contributed by atoms with E-state index in [0.717, 1.165) is 5.69 Å². The van der Waals surface area contributed by atoms with Crippen molar-refractivity contribution in [1.82, 2.24) is 15.2 Å². The molecule has 5 heteroatoms. The minimum Gasteiger partial charge on any atom is -0.329 e. The molecular formula is C9H8ClN3O. The standard InChI is InChI=1S/C9H8ClN3O/c1-5-7(10)8(13-12-5)6-3-2-4-11-9(6)14/h2-4H,1H3,(H,11,14)(H,12,13). The number of hydrogen-bond acceptors (Lipinski definition) is 2. The van der Waals surface area contributed by atoms with Crippen molar-refractivity contribution in [2.45, 2.75) is 6.92 Å². The van der Waals surface area contributed by atoms with Gasteiger partial charge in [0.2, 0.25) is 0 Å². The van der Waals surface area contributed by atoms with Gasteiger partial charge in [-0.3, -0.25) is 9.89 Å². The molecule has 2 aromatic heterocycles. The highest BCUT2D eigenvalue weighted by Gasteiger charge is 2.12. The largest absolute Gasteiger partial charge is 0.329 e. The van der Waals surface area contributed by atoms with Crippen molar-refractivity contribution in [3.05, 3.63) is 39.4 Å². The van der Waals surface area contributed by atoms with Gasteiger partial charge in [0, 0.05) is 6.20 Å². The Kier molecular flexibility index (Phi) is 2.13. The first kappa shape index (κ1) is 9.02. The van der Waals surface area contributed by atoms with Gasteiger partial charge >= 0.3 is 0 Å². The first-order valence-electron chi connectivity index (χ1n) is 4.08. The van der Waals surface area contributed by atoms with Crippen LogP contribution in [-0.4, -0.2) is 15.2 Å². The van der Waals surface area contributed by atoms with Gasteiger partial charge in [0.05, 0.1) is 16.3 Å². The molecule has 0 spiro atoms. The maximum Gasteiger partial charge on any atom is 0.257 e. The summed E-state index contributed by atoms with van der Waals surface area (Å²) in [4.78, 5) is 14.0. The van der Waals surface area contributed by atoms with E-state index in [0.29, 0.717) is 16.3 Å². The van der Waals surface area contributed by atoms with Gasteiger partial charge in [-0.05, 0) is 19.1 Å². The van der Waals surface area contributed by atoms with Crippen LogP contribution in [0.1, 0.15) is 5.69 Å². The molecule has 0 bridgehead atoms. The molecule has 0 atom stereocenters. The smallest absolute Gasteiger partial charge is 0.257 e. The number of aromatic amines is 2. The molecular weight excluding hydrogens is 202 g/mol. The van der Waals surface area contributed by atoms with Crippen molar-refractivity contribution in [1.29, 1.82) is 0 Å². The molecule has 14 heavy (non-hydrogen) atoms. The number of rotatable bonds is 1. The molecule has 0 fully saturated rings. The molecule has 0 saturated heterocycles. The molecule has 4 nitrogen and oxygen atoms in total. The summed E-state index contributed by atoms with van der Waals surface area (Å²) in [6.07, 6.45) is 1.57. The highest BCUT2D eigenvalue weighted by Crippen LogP contribution is 2.24. The van der Waals surface area contributed by atoms with Crippen molar-refractivity contribution in [2.75, 3.05) is 0 Å². The summed E-state index contributed by atoms with van der Waals surface area (Å²) in [6.45, 7) is 1.80. The van der Waals surface area contributed by atoms with Crippen LogP contribution in [0.25, 0.3) is 11.3 Å². The van der Waals surface area contributed by atoms with Gasteiger partial charge < -0.3 is 4.98 Å². The Morgan fingerprint density at radius 3 is 2.86 bits per heavy atom. The van der Waals surface area contributed by atoms with Gasteiger partial charge in [0.1, 0.15) is 5.69 Å². The van der Waals surface area contributed by atoms with Crippen LogP contribution in [-0.2, 0) is 0 Å². The summed E-state index contributed by atoms with van der Waals surface area (Å²) in [7, 11) is 0. The van der Waals surface area contributed by atoms with Crippen LogP contribution in [0.4, 0.5) is 0 Å². The molecule has 0 radical (unpaired) electrons. The van der Waals surface area contributed by atoms with Crippen molar-refractivity contribution >= 4 is 11.6 Å². The van der Waals surface area contributed by atoms with Crippen LogP contribution in [0.2, 0.25) is 5.02 Å². The number of hydrogen-bond donors (Lipinski definition) is 2. The monoisotopic (exact) mass is 209 g/mol. The van der Waals surface area contributed by atoms with Crippen molar-refractivity contribution < 1.29 is 0 Å². The number of pyridine rings is 1. The van der Waals surface area contributed by atoms with Gasteiger partial charge in [0.25, 0.3) is 5.56 Å². The lowest BCUT2D eigenvalue weighted by atomic mass is 10.2. The van der Waals surface area contributed by atoms with E-state index < -0.39 is 0 Å². The van der Waals surface area contributed by atoms with Gasteiger partial charge in [0.15, 0.2) is 0 Å². The van der Waals surface area contributed by atoms with Gasteiger partial charge in [-0.2, -0.15) is 5.10 Å². The van der Waals surface area contributed by atoms with E-state index in [1.807, 2.05) is 0 Å². The topological polar surface area (TPSA) is 61.5 Å². The van der Waals surface area contributed by atoms with E-state index in [4.69, 9.17) is 11.6 Å². The van der Waals surface area contributed by atoms with Gasteiger partial charge in [-0.1, -0.05) is 11.6 Å². The van der Waals surface area contributed by atoms with E-state index >= 15 is 0 Å². The van der Waals surface area contributed by atoms with Crippen LogP contribution in [0.3, 0.4) is 0 Å². The van der Waals surface area contributed by atoms with E-state index in [1.54, 1.807) is 25.3 Å². The fraction of sp³-hybridized carbons (Fsp3) is 0.111. The summed E-state index contributed by atoms with van der Waals surface area (Å²) in [5.74, 6) is 0. The van der Waals surface area contributed by atoms with Crippen molar-refractivity contribution in [2.24, 2.45) is 0 Å². The molecule has 0 aromatic carbocycles. The lowest BCUT2D eigenvalue weighted by Gasteiger charge is -1.94. The molecule has 0 aliphatic carbocycles. The molecule has 2 heterocycles. The van der Waals surface area contributed by atoms with Gasteiger partial charge in [-0.25, -0.2) is 0 Å². The second-order valence-corrected chi connectivity index (χ2v) is 3.30. The maximum absolute atomic E-state index is 11.4. The number of H-pyrrole nitrogens is 2. The molecule has 0 saturated carbocycles. The summed E-state index contributed by atoms with van der Waals surface area (Å²) >= 11 is 5.97. The Morgan fingerprint density at radius 1 is 1.50 bits per heavy atom. The average molecular weight is 210 g/mol. The molecule has 0 aliphatic rings. The minimum absolute atomic E-state index is 0.194. The Labute approximate surface area is 84.9 Å². The maximum atomic E-state index is 11.4. The predicted octanol–water partition coefficient (Wildman–Crippen LogP) is 1.73. The Morgan fingerprint density at radius 2 is 2.29 bits per heavy atom.